The van der Waals surface area contributed by atoms with Crippen LogP contribution in [0.5, 0.6) is 0 Å². The van der Waals surface area contributed by atoms with Crippen LogP contribution >= 0.6 is 23.2 Å². The lowest BCUT2D eigenvalue weighted by molar-refractivity contribution is -0.146. The van der Waals surface area contributed by atoms with Crippen LogP contribution in [0.25, 0.3) is 11.3 Å². The number of benzene rings is 1. The van der Waals surface area contributed by atoms with E-state index in [1.807, 2.05) is 11.5 Å². The Morgan fingerprint density at radius 3 is 2.28 bits per heavy atom. The molecule has 2 aromatic rings. The fraction of sp³-hybridized carbons (Fsp3) is 0.586. The van der Waals surface area contributed by atoms with Crippen LogP contribution in [0, 0.1) is 18.8 Å². The van der Waals surface area contributed by atoms with Crippen LogP contribution in [0.4, 0.5) is 13.2 Å². The molecule has 2 aliphatic carbocycles. The van der Waals surface area contributed by atoms with Gasteiger partial charge in [-0.3, -0.25) is 9.59 Å². The van der Waals surface area contributed by atoms with E-state index in [-0.39, 0.29) is 22.0 Å². The molecule has 0 aliphatic heterocycles. The Morgan fingerprint density at radius 2 is 1.70 bits per heavy atom. The van der Waals surface area contributed by atoms with E-state index in [4.69, 9.17) is 28.3 Å². The van der Waals surface area contributed by atoms with Crippen molar-refractivity contribution in [2.75, 3.05) is 0 Å². The van der Waals surface area contributed by atoms with Crippen molar-refractivity contribution >= 4 is 45.1 Å². The molecule has 1 amide bonds. The van der Waals surface area contributed by atoms with Crippen molar-refractivity contribution in [3.63, 3.8) is 0 Å². The topological polar surface area (TPSA) is 118 Å². The minimum Gasteiger partial charge on any atom is -0.481 e. The smallest absolute Gasteiger partial charge is 0.390 e. The van der Waals surface area contributed by atoms with Gasteiger partial charge in [0.2, 0.25) is 10.0 Å². The molecule has 1 aromatic heterocycles. The van der Waals surface area contributed by atoms with Gasteiger partial charge in [-0.05, 0) is 70.6 Å². The van der Waals surface area contributed by atoms with Gasteiger partial charge in [0.05, 0.1) is 33.6 Å². The highest BCUT2D eigenvalue weighted by atomic mass is 35.5. The van der Waals surface area contributed by atoms with Crippen molar-refractivity contribution in [3.05, 3.63) is 39.5 Å². The Kier molecular flexibility index (Phi) is 9.86. The number of nitrogens with one attached hydrogen (secondary N) is 2. The molecule has 238 valence electrons. The Balaban J connectivity index is 1.69. The minimum absolute atomic E-state index is 0.115. The van der Waals surface area contributed by atoms with Gasteiger partial charge < -0.3 is 15.0 Å². The lowest BCUT2D eigenvalue weighted by Crippen LogP contribution is -2.46. The predicted octanol–water partition coefficient (Wildman–Crippen LogP) is 6.95. The van der Waals surface area contributed by atoms with E-state index in [0.717, 1.165) is 46.0 Å². The molecule has 14 heteroatoms. The molecule has 43 heavy (non-hydrogen) atoms. The number of rotatable bonds is 10. The lowest BCUT2D eigenvalue weighted by atomic mass is 9.80. The van der Waals surface area contributed by atoms with Gasteiger partial charge in [-0.25, -0.2) is 13.1 Å². The number of carboxylic acids is 1. The average Bonchev–Trinajstić information content (AvgIpc) is 3.16. The standard InChI is InChI=1S/C29H36Cl2F3N3O5S/c1-16-21(26(38)35-19-11-18(12-19)27(39)40)13-22(37(16)14-17-7-5-4-6-8-17)20-9-10-23(25(31)24(20)30)43(41,42)36-28(2,3)15-29(32,33)34/h9-10,13,17-19,36H,4-8,11-12,14-15H2,1-3H3,(H,35,38)(H,39,40)/t18-,19-. The molecular formula is C29H36Cl2F3N3O5S. The fourth-order valence-corrected chi connectivity index (χ4v) is 8.34. The van der Waals surface area contributed by atoms with Crippen LogP contribution in [0.1, 0.15) is 81.3 Å². The maximum absolute atomic E-state index is 13.3. The van der Waals surface area contributed by atoms with Crippen LogP contribution in [0.15, 0.2) is 23.1 Å². The molecule has 2 fully saturated rings. The number of hydrogen-bond acceptors (Lipinski definition) is 4. The average molecular weight is 667 g/mol. The molecular weight excluding hydrogens is 630 g/mol. The zero-order valence-electron chi connectivity index (χ0n) is 24.2. The quantitative estimate of drug-likeness (QED) is 0.254. The van der Waals surface area contributed by atoms with E-state index in [2.05, 4.69) is 10.0 Å². The summed E-state index contributed by atoms with van der Waals surface area (Å²) < 4.78 is 69.3. The molecule has 4 rings (SSSR count). The van der Waals surface area contributed by atoms with Crippen molar-refractivity contribution in [1.82, 2.24) is 14.6 Å². The molecule has 1 heterocycles. The number of carboxylic acid groups (broad SMARTS) is 1. The Bertz CT molecular complexity index is 1500. The molecule has 0 spiro atoms. The third kappa shape index (κ3) is 7.87. The highest BCUT2D eigenvalue weighted by molar-refractivity contribution is 7.89. The van der Waals surface area contributed by atoms with Gasteiger partial charge in [-0.1, -0.05) is 42.5 Å². The summed E-state index contributed by atoms with van der Waals surface area (Å²) in [5, 5.41) is 11.6. The molecule has 0 atom stereocenters. The third-order valence-electron chi connectivity index (χ3n) is 8.26. The first-order valence-electron chi connectivity index (χ1n) is 14.2. The molecule has 3 N–H and O–H groups in total. The molecule has 2 aliphatic rings. The molecule has 8 nitrogen and oxygen atoms in total. The second kappa shape index (κ2) is 12.6. The molecule has 2 saturated carbocycles. The molecule has 0 bridgehead atoms. The van der Waals surface area contributed by atoms with Crippen LogP contribution in [-0.2, 0) is 21.4 Å². The Hall–Kier alpha value is -2.28. The molecule has 0 unspecified atom stereocenters. The largest absolute Gasteiger partial charge is 0.481 e. The summed E-state index contributed by atoms with van der Waals surface area (Å²) >= 11 is 13.1. The monoisotopic (exact) mass is 665 g/mol. The van der Waals surface area contributed by atoms with E-state index in [1.165, 1.54) is 12.1 Å². The highest BCUT2D eigenvalue weighted by Gasteiger charge is 2.40. The summed E-state index contributed by atoms with van der Waals surface area (Å²) in [6, 6.07) is 4.05. The molecule has 0 saturated heterocycles. The van der Waals surface area contributed by atoms with Gasteiger partial charge in [0.1, 0.15) is 4.90 Å². The lowest BCUT2D eigenvalue weighted by Gasteiger charge is -2.32. The van der Waals surface area contributed by atoms with Crippen molar-refractivity contribution in [2.24, 2.45) is 11.8 Å². The first-order chi connectivity index (χ1) is 19.9. The highest BCUT2D eigenvalue weighted by Crippen LogP contribution is 2.41. The predicted molar refractivity (Wildman–Crippen MR) is 158 cm³/mol. The number of sulfonamides is 1. The van der Waals surface area contributed by atoms with Gasteiger partial charge >= 0.3 is 12.1 Å². The number of aliphatic carboxylic acids is 1. The van der Waals surface area contributed by atoms with Crippen LogP contribution in [0.3, 0.4) is 0 Å². The summed E-state index contributed by atoms with van der Waals surface area (Å²) in [5.74, 6) is -1.38. The summed E-state index contributed by atoms with van der Waals surface area (Å²) in [6.45, 7) is 4.66. The SMILES string of the molecule is Cc1c(C(=O)N[C@H]2C[C@H](C(=O)O)C2)cc(-c2ccc(S(=O)(=O)NC(C)(C)CC(F)(F)F)c(Cl)c2Cl)n1CC1CCCCC1. The van der Waals surface area contributed by atoms with Gasteiger partial charge in [-0.15, -0.1) is 0 Å². The Morgan fingerprint density at radius 1 is 1.07 bits per heavy atom. The van der Waals surface area contributed by atoms with E-state index in [9.17, 15) is 31.2 Å². The summed E-state index contributed by atoms with van der Waals surface area (Å²) in [5.41, 5.74) is 0.125. The number of carbonyl (C=O) groups is 2. The number of aromatic nitrogens is 1. The number of nitrogens with zero attached hydrogens (tertiary/aromatic N) is 1. The van der Waals surface area contributed by atoms with Gasteiger partial charge in [0.25, 0.3) is 5.91 Å². The van der Waals surface area contributed by atoms with Crippen molar-refractivity contribution < 1.29 is 36.3 Å². The normalized spacial score (nSPS) is 20.1. The molecule has 1 aromatic carbocycles. The summed E-state index contributed by atoms with van der Waals surface area (Å²) in [4.78, 5) is 24.0. The zero-order valence-corrected chi connectivity index (χ0v) is 26.5. The first kappa shape index (κ1) is 33.6. The number of hydrogen-bond donors (Lipinski definition) is 3. The summed E-state index contributed by atoms with van der Waals surface area (Å²) in [7, 11) is -4.49. The Labute approximate surface area is 259 Å². The third-order valence-corrected chi connectivity index (χ3v) is 11.0. The zero-order chi connectivity index (χ0) is 31.9. The fourth-order valence-electron chi connectivity index (χ4n) is 6.05. The maximum atomic E-state index is 13.3. The van der Waals surface area contributed by atoms with E-state index >= 15 is 0 Å². The minimum atomic E-state index is -4.60. The van der Waals surface area contributed by atoms with Crippen molar-refractivity contribution in [3.8, 4) is 11.3 Å². The van der Waals surface area contributed by atoms with E-state index in [1.54, 1.807) is 6.07 Å². The van der Waals surface area contributed by atoms with E-state index in [0.29, 0.717) is 47.8 Å². The second-order valence-electron chi connectivity index (χ2n) is 12.3. The van der Waals surface area contributed by atoms with Crippen molar-refractivity contribution in [2.45, 2.75) is 101 Å². The van der Waals surface area contributed by atoms with E-state index < -0.39 is 44.9 Å². The first-order valence-corrected chi connectivity index (χ1v) is 16.5. The van der Waals surface area contributed by atoms with Gasteiger partial charge in [0, 0.05) is 29.4 Å². The number of halogens is 5. The van der Waals surface area contributed by atoms with Crippen LogP contribution in [-0.4, -0.2) is 47.7 Å². The van der Waals surface area contributed by atoms with Gasteiger partial charge in [-0.2, -0.15) is 13.2 Å². The summed E-state index contributed by atoms with van der Waals surface area (Å²) in [6.07, 6.45) is 0.0880. The number of alkyl halides is 3. The van der Waals surface area contributed by atoms with Crippen LogP contribution < -0.4 is 10.0 Å². The number of amides is 1. The second-order valence-corrected chi connectivity index (χ2v) is 14.7. The van der Waals surface area contributed by atoms with Gasteiger partial charge in [0.15, 0.2) is 0 Å². The maximum Gasteiger partial charge on any atom is 0.390 e. The van der Waals surface area contributed by atoms with Crippen molar-refractivity contribution in [1.29, 1.82) is 0 Å². The van der Waals surface area contributed by atoms with Crippen LogP contribution in [0.2, 0.25) is 10.0 Å². The number of carbonyl (C=O) groups excluding carboxylic acids is 1. The molecule has 0 radical (unpaired) electrons.